The summed E-state index contributed by atoms with van der Waals surface area (Å²) in [4.78, 5) is 10.3. The molecule has 0 spiro atoms. The molecule has 0 bridgehead atoms. The van der Waals surface area contributed by atoms with E-state index in [-0.39, 0.29) is 12.3 Å². The molecule has 110 valence electrons. The zero-order chi connectivity index (χ0) is 15.4. The van der Waals surface area contributed by atoms with Crippen LogP contribution in [0.1, 0.15) is 29.7 Å². The van der Waals surface area contributed by atoms with E-state index in [9.17, 15) is 15.2 Å². The van der Waals surface area contributed by atoms with Gasteiger partial charge < -0.3 is 9.84 Å². The molecule has 0 amide bonds. The number of non-ortho nitro benzene ring substituents is 1. The number of aryl methyl sites for hydroxylation is 1. The van der Waals surface area contributed by atoms with Gasteiger partial charge in [-0.1, -0.05) is 24.3 Å². The van der Waals surface area contributed by atoms with E-state index in [1.807, 2.05) is 25.1 Å². The van der Waals surface area contributed by atoms with Crippen molar-refractivity contribution in [3.8, 4) is 5.75 Å². The molecule has 5 heteroatoms. The number of benzene rings is 2. The zero-order valence-electron chi connectivity index (χ0n) is 11.9. The number of hydrogen-bond acceptors (Lipinski definition) is 4. The molecule has 1 N–H and O–H groups in total. The topological polar surface area (TPSA) is 72.6 Å². The van der Waals surface area contributed by atoms with Gasteiger partial charge in [0.1, 0.15) is 12.4 Å². The van der Waals surface area contributed by atoms with Gasteiger partial charge in [-0.3, -0.25) is 10.1 Å². The van der Waals surface area contributed by atoms with Gasteiger partial charge >= 0.3 is 0 Å². The van der Waals surface area contributed by atoms with E-state index in [0.29, 0.717) is 16.9 Å². The smallest absolute Gasteiger partial charge is 0.269 e. The molecule has 0 fully saturated rings. The van der Waals surface area contributed by atoms with Crippen LogP contribution in [0.4, 0.5) is 5.69 Å². The van der Waals surface area contributed by atoms with Crippen molar-refractivity contribution in [1.82, 2.24) is 0 Å². The zero-order valence-corrected chi connectivity index (χ0v) is 11.9. The molecule has 1 atom stereocenters. The molecule has 2 rings (SSSR count). The van der Waals surface area contributed by atoms with Crippen LogP contribution in [0.5, 0.6) is 5.75 Å². The Labute approximate surface area is 123 Å². The minimum absolute atomic E-state index is 0.0380. The number of hydrogen-bond donors (Lipinski definition) is 1. The molecule has 2 aromatic rings. The summed E-state index contributed by atoms with van der Waals surface area (Å²) in [6, 6.07) is 11.9. The first-order chi connectivity index (χ1) is 9.97. The summed E-state index contributed by atoms with van der Waals surface area (Å²) in [7, 11) is 0. The van der Waals surface area contributed by atoms with Crippen molar-refractivity contribution in [2.45, 2.75) is 26.6 Å². The maximum Gasteiger partial charge on any atom is 0.269 e. The van der Waals surface area contributed by atoms with Crippen molar-refractivity contribution in [1.29, 1.82) is 0 Å². The van der Waals surface area contributed by atoms with Crippen molar-refractivity contribution in [3.63, 3.8) is 0 Å². The third kappa shape index (κ3) is 3.79. The van der Waals surface area contributed by atoms with Gasteiger partial charge in [-0.15, -0.1) is 0 Å². The average Bonchev–Trinajstić information content (AvgIpc) is 2.45. The Hall–Kier alpha value is -2.40. The van der Waals surface area contributed by atoms with Crippen LogP contribution < -0.4 is 4.74 Å². The van der Waals surface area contributed by atoms with Gasteiger partial charge in [0.15, 0.2) is 0 Å². The average molecular weight is 287 g/mol. The molecule has 0 aliphatic heterocycles. The minimum atomic E-state index is -0.634. The van der Waals surface area contributed by atoms with Crippen LogP contribution in [-0.4, -0.2) is 10.0 Å². The molecule has 0 saturated heterocycles. The molecule has 0 aliphatic carbocycles. The second kappa shape index (κ2) is 6.37. The Morgan fingerprint density at radius 2 is 2.05 bits per heavy atom. The second-order valence-corrected chi connectivity index (χ2v) is 4.93. The SMILES string of the molecule is Cc1ccc([C@@H](C)O)c(OCc2cccc([N+](=O)[O-])c2)c1. The van der Waals surface area contributed by atoms with E-state index >= 15 is 0 Å². The molecule has 0 radical (unpaired) electrons. The molecule has 2 aromatic carbocycles. The summed E-state index contributed by atoms with van der Waals surface area (Å²) in [5.74, 6) is 0.594. The molecular weight excluding hydrogens is 270 g/mol. The van der Waals surface area contributed by atoms with Crippen LogP contribution in [0.3, 0.4) is 0 Å². The first-order valence-corrected chi connectivity index (χ1v) is 6.62. The van der Waals surface area contributed by atoms with Gasteiger partial charge in [0.25, 0.3) is 5.69 Å². The van der Waals surface area contributed by atoms with Gasteiger partial charge in [0.2, 0.25) is 0 Å². The molecule has 21 heavy (non-hydrogen) atoms. The van der Waals surface area contributed by atoms with E-state index in [4.69, 9.17) is 4.74 Å². The van der Waals surface area contributed by atoms with Crippen molar-refractivity contribution >= 4 is 5.69 Å². The van der Waals surface area contributed by atoms with Crippen LogP contribution in [0.2, 0.25) is 0 Å². The largest absolute Gasteiger partial charge is 0.489 e. The number of nitrogens with zero attached hydrogens (tertiary/aromatic N) is 1. The molecular formula is C16H17NO4. The van der Waals surface area contributed by atoms with E-state index in [2.05, 4.69) is 0 Å². The highest BCUT2D eigenvalue weighted by molar-refractivity contribution is 5.39. The fourth-order valence-corrected chi connectivity index (χ4v) is 2.03. The van der Waals surface area contributed by atoms with Crippen LogP contribution in [0.15, 0.2) is 42.5 Å². The molecule has 0 aromatic heterocycles. The number of aliphatic hydroxyl groups excluding tert-OH is 1. The van der Waals surface area contributed by atoms with E-state index in [0.717, 1.165) is 5.56 Å². The first-order valence-electron chi connectivity index (χ1n) is 6.62. The van der Waals surface area contributed by atoms with Crippen molar-refractivity contribution < 1.29 is 14.8 Å². The maximum absolute atomic E-state index is 10.7. The Bertz CT molecular complexity index is 652. The lowest BCUT2D eigenvalue weighted by molar-refractivity contribution is -0.384. The molecule has 5 nitrogen and oxygen atoms in total. The van der Waals surface area contributed by atoms with Crippen molar-refractivity contribution in [2.75, 3.05) is 0 Å². The highest BCUT2D eigenvalue weighted by atomic mass is 16.6. The first kappa shape index (κ1) is 15.0. The normalized spacial score (nSPS) is 12.0. The van der Waals surface area contributed by atoms with Crippen LogP contribution >= 0.6 is 0 Å². The second-order valence-electron chi connectivity index (χ2n) is 4.93. The third-order valence-electron chi connectivity index (χ3n) is 3.13. The van der Waals surface area contributed by atoms with Crippen molar-refractivity contribution in [3.05, 3.63) is 69.3 Å². The lowest BCUT2D eigenvalue weighted by atomic mass is 10.1. The third-order valence-corrected chi connectivity index (χ3v) is 3.13. The number of nitro benzene ring substituents is 1. The monoisotopic (exact) mass is 287 g/mol. The number of rotatable bonds is 5. The van der Waals surface area contributed by atoms with Crippen LogP contribution in [0.25, 0.3) is 0 Å². The Balaban J connectivity index is 2.18. The summed E-state index contributed by atoms with van der Waals surface area (Å²) >= 11 is 0. The van der Waals surface area contributed by atoms with Gasteiger partial charge in [-0.05, 0) is 31.0 Å². The number of nitro groups is 1. The summed E-state index contributed by atoms with van der Waals surface area (Å²) in [5.41, 5.74) is 2.47. The molecule has 0 aliphatic rings. The van der Waals surface area contributed by atoms with Crippen LogP contribution in [-0.2, 0) is 6.61 Å². The maximum atomic E-state index is 10.7. The van der Waals surface area contributed by atoms with Gasteiger partial charge in [-0.25, -0.2) is 0 Å². The summed E-state index contributed by atoms with van der Waals surface area (Å²) in [6.45, 7) is 3.82. The Kier molecular flexibility index (Phi) is 4.55. The highest BCUT2D eigenvalue weighted by Gasteiger charge is 2.11. The van der Waals surface area contributed by atoms with Gasteiger partial charge in [-0.2, -0.15) is 0 Å². The fraction of sp³-hybridized carbons (Fsp3) is 0.250. The lowest BCUT2D eigenvalue weighted by Crippen LogP contribution is -2.02. The fourth-order valence-electron chi connectivity index (χ4n) is 2.03. The Morgan fingerprint density at radius 3 is 2.71 bits per heavy atom. The summed E-state index contributed by atoms with van der Waals surface area (Å²) < 4.78 is 5.72. The molecule has 0 unspecified atom stereocenters. The van der Waals surface area contributed by atoms with Gasteiger partial charge in [0, 0.05) is 17.7 Å². The van der Waals surface area contributed by atoms with E-state index < -0.39 is 11.0 Å². The minimum Gasteiger partial charge on any atom is -0.489 e. The van der Waals surface area contributed by atoms with Gasteiger partial charge in [0.05, 0.1) is 11.0 Å². The number of ether oxygens (including phenoxy) is 1. The predicted molar refractivity (Wildman–Crippen MR) is 79.2 cm³/mol. The summed E-state index contributed by atoms with van der Waals surface area (Å²) in [5, 5.41) is 20.5. The molecule has 0 heterocycles. The van der Waals surface area contributed by atoms with E-state index in [1.54, 1.807) is 19.1 Å². The Morgan fingerprint density at radius 1 is 1.29 bits per heavy atom. The summed E-state index contributed by atoms with van der Waals surface area (Å²) in [6.07, 6.45) is -0.634. The predicted octanol–water partition coefficient (Wildman–Crippen LogP) is 3.54. The lowest BCUT2D eigenvalue weighted by Gasteiger charge is -2.14. The van der Waals surface area contributed by atoms with E-state index in [1.165, 1.54) is 12.1 Å². The molecule has 0 saturated carbocycles. The standard InChI is InChI=1S/C16H17NO4/c1-11-6-7-15(12(2)18)16(8-11)21-10-13-4-3-5-14(9-13)17(19)20/h3-9,12,18H,10H2,1-2H3/t12-/m1/s1. The highest BCUT2D eigenvalue weighted by Crippen LogP contribution is 2.27. The number of aliphatic hydroxyl groups is 1. The quantitative estimate of drug-likeness (QED) is 0.674. The van der Waals surface area contributed by atoms with Crippen molar-refractivity contribution in [2.24, 2.45) is 0 Å². The van der Waals surface area contributed by atoms with Crippen LogP contribution in [0, 0.1) is 17.0 Å².